The number of likely N-dealkylation sites (tertiary alicyclic amines) is 1. The number of aliphatic hydroxyl groups is 1. The fourth-order valence-electron chi connectivity index (χ4n) is 11.1. The molecule has 14 nitrogen and oxygen atoms in total. The van der Waals surface area contributed by atoms with Gasteiger partial charge in [0.05, 0.1) is 12.4 Å². The number of aryl methyl sites for hydroxylation is 1. The number of nitrogens with zero attached hydrogens (tertiary/aromatic N) is 6. The van der Waals surface area contributed by atoms with Crippen molar-refractivity contribution in [1.29, 1.82) is 0 Å². The van der Waals surface area contributed by atoms with Crippen LogP contribution in [0, 0.1) is 39.9 Å². The molecule has 4 heterocycles. The van der Waals surface area contributed by atoms with Crippen molar-refractivity contribution in [1.82, 2.24) is 29.7 Å². The summed E-state index contributed by atoms with van der Waals surface area (Å²) in [7, 11) is 0. The quantitative estimate of drug-likeness (QED) is 0.376. The first-order valence-corrected chi connectivity index (χ1v) is 19.9. The molecule has 53 heavy (non-hydrogen) atoms. The summed E-state index contributed by atoms with van der Waals surface area (Å²) < 4.78 is 8.13. The summed E-state index contributed by atoms with van der Waals surface area (Å²) in [6.45, 7) is 13.3. The lowest BCUT2D eigenvalue weighted by Gasteiger charge is -2.62. The highest BCUT2D eigenvalue weighted by Crippen LogP contribution is 2.68. The van der Waals surface area contributed by atoms with Crippen molar-refractivity contribution in [2.45, 2.75) is 124 Å². The summed E-state index contributed by atoms with van der Waals surface area (Å²) >= 11 is 0. The number of piperidine rings is 1. The molecule has 290 valence electrons. The number of anilines is 1. The van der Waals surface area contributed by atoms with Crippen LogP contribution in [-0.4, -0.2) is 97.6 Å². The maximum absolute atomic E-state index is 13.7. The minimum atomic E-state index is -0.804. The third-order valence-electron chi connectivity index (χ3n) is 14.9. The van der Waals surface area contributed by atoms with Gasteiger partial charge in [-0.05, 0) is 74.0 Å². The average Bonchev–Trinajstić information content (AvgIpc) is 3.88. The van der Waals surface area contributed by atoms with Crippen LogP contribution in [0.2, 0.25) is 0 Å². The molecule has 5 fully saturated rings. The number of aromatic nitrogens is 4. The second-order valence-corrected chi connectivity index (χ2v) is 17.5. The van der Waals surface area contributed by atoms with E-state index in [0.717, 1.165) is 44.6 Å². The molecule has 3 saturated carbocycles. The molecule has 2 aliphatic heterocycles. The molecule has 0 spiro atoms. The van der Waals surface area contributed by atoms with Gasteiger partial charge >= 0.3 is 6.09 Å². The van der Waals surface area contributed by atoms with E-state index < -0.39 is 41.0 Å². The van der Waals surface area contributed by atoms with Crippen LogP contribution in [0.5, 0.6) is 0 Å². The molecular formula is C39H58N8O6. The monoisotopic (exact) mass is 734 g/mol. The fourth-order valence-corrected chi connectivity index (χ4v) is 11.1. The van der Waals surface area contributed by atoms with Crippen LogP contribution in [0.3, 0.4) is 0 Å². The first-order chi connectivity index (χ1) is 25.2. The van der Waals surface area contributed by atoms with E-state index in [0.29, 0.717) is 62.9 Å². The molecule has 7 rings (SSSR count). The lowest BCUT2D eigenvalue weighted by atomic mass is 9.43. The number of alkyl carbamates (subject to hydrolysis) is 1. The number of hydrogen-bond donors (Lipinski definition) is 3. The second kappa shape index (κ2) is 14.2. The molecule has 0 aromatic carbocycles. The Balaban J connectivity index is 0.957. The Morgan fingerprint density at radius 2 is 1.81 bits per heavy atom. The molecule has 3 amide bonds. The van der Waals surface area contributed by atoms with Crippen molar-refractivity contribution in [2.24, 2.45) is 45.7 Å². The van der Waals surface area contributed by atoms with Gasteiger partial charge in [-0.25, -0.2) is 19.7 Å². The van der Waals surface area contributed by atoms with Crippen LogP contribution < -0.4 is 16.0 Å². The van der Waals surface area contributed by atoms with Gasteiger partial charge in [0.1, 0.15) is 18.2 Å². The average molecular weight is 735 g/mol. The van der Waals surface area contributed by atoms with Crippen LogP contribution in [-0.2, 0) is 25.7 Å². The number of ketones is 1. The topological polar surface area (TPSA) is 186 Å². The summed E-state index contributed by atoms with van der Waals surface area (Å²) in [5.74, 6) is -0.148. The molecule has 5 aliphatic rings. The van der Waals surface area contributed by atoms with E-state index in [-0.39, 0.29) is 47.3 Å². The summed E-state index contributed by atoms with van der Waals surface area (Å²) in [5, 5.41) is 14.4. The number of imide groups is 1. The number of fused-ring (bicyclic) bond motifs is 1. The third kappa shape index (κ3) is 6.40. The van der Waals surface area contributed by atoms with Gasteiger partial charge in [-0.3, -0.25) is 19.7 Å². The maximum atomic E-state index is 13.7. The lowest BCUT2D eigenvalue weighted by molar-refractivity contribution is -0.198. The van der Waals surface area contributed by atoms with Crippen molar-refractivity contribution in [3.63, 3.8) is 0 Å². The summed E-state index contributed by atoms with van der Waals surface area (Å²) in [6.07, 6.45) is 7.25. The molecule has 2 aromatic rings. The number of aliphatic hydroxyl groups excluding tert-OH is 1. The molecule has 14 heteroatoms. The number of carbonyl (C=O) groups is 4. The largest absolute Gasteiger partial charge is 0.445 e. The fraction of sp³-hybridized carbons (Fsp3) is 0.769. The van der Waals surface area contributed by atoms with E-state index in [1.165, 1.54) is 6.33 Å². The van der Waals surface area contributed by atoms with E-state index in [1.54, 1.807) is 11.2 Å². The van der Waals surface area contributed by atoms with Crippen LogP contribution >= 0.6 is 0 Å². The number of nitrogens with one attached hydrogen (secondary N) is 1. The molecule has 3 aliphatic carbocycles. The van der Waals surface area contributed by atoms with Crippen molar-refractivity contribution >= 4 is 40.7 Å². The SMILES string of the molecule is CC[C@]1(C)CC(OC(=O)NC(=O)C2CCN(C(=O)CCn3cnc4c(N5CCC(N)C5)ncnc43)CC2)C2(C)C(C)CCC3(CCC(=O)C32)C(C)[C@@H]1O. The van der Waals surface area contributed by atoms with Crippen LogP contribution in [0.1, 0.15) is 98.8 Å². The first-order valence-electron chi connectivity index (χ1n) is 19.9. The Morgan fingerprint density at radius 3 is 2.51 bits per heavy atom. The first kappa shape index (κ1) is 37.7. The molecule has 0 radical (unpaired) electrons. The Kier molecular flexibility index (Phi) is 10.1. The normalized spacial score (nSPS) is 36.2. The van der Waals surface area contributed by atoms with Gasteiger partial charge in [-0.15, -0.1) is 0 Å². The Bertz CT molecular complexity index is 1740. The molecule has 2 aromatic heterocycles. The van der Waals surface area contributed by atoms with Gasteiger partial charge in [0, 0.05) is 68.9 Å². The van der Waals surface area contributed by atoms with Gasteiger partial charge in [-0.1, -0.05) is 34.6 Å². The van der Waals surface area contributed by atoms with Crippen molar-refractivity contribution < 1.29 is 29.0 Å². The van der Waals surface area contributed by atoms with Gasteiger partial charge < -0.3 is 29.9 Å². The zero-order valence-electron chi connectivity index (χ0n) is 32.1. The zero-order valence-corrected chi connectivity index (χ0v) is 32.1. The number of nitrogens with two attached hydrogens (primary N) is 1. The van der Waals surface area contributed by atoms with Gasteiger partial charge in [0.25, 0.3) is 0 Å². The number of imidazole rings is 1. The Labute approximate surface area is 312 Å². The molecule has 2 bridgehead atoms. The van der Waals surface area contributed by atoms with Gasteiger partial charge in [0.15, 0.2) is 17.0 Å². The smallest absolute Gasteiger partial charge is 0.414 e. The van der Waals surface area contributed by atoms with Crippen LogP contribution in [0.25, 0.3) is 11.2 Å². The van der Waals surface area contributed by atoms with Crippen LogP contribution in [0.15, 0.2) is 12.7 Å². The molecular weight excluding hydrogens is 676 g/mol. The van der Waals surface area contributed by atoms with Crippen molar-refractivity contribution in [3.8, 4) is 0 Å². The summed E-state index contributed by atoms with van der Waals surface area (Å²) in [6, 6.07) is 0.108. The standard InChI is InChI=1S/C39H58N8O6/c1-6-37(4)19-28(38(5)23(2)7-13-39(24(3)32(37)50)14-8-27(48)31(38)39)53-36(52)44-35(51)25-9-15-45(16-10-25)29(49)12-18-47-22-43-30-33(41-21-42-34(30)47)46-17-11-26(40)20-46/h21-26,28,31-32,50H,6-20,40H2,1-5H3,(H,44,51,52)/t23?,24?,26?,28?,31?,32-,37+,38?,39?/m0/s1. The summed E-state index contributed by atoms with van der Waals surface area (Å²) in [4.78, 5) is 71.3. The van der Waals surface area contributed by atoms with E-state index in [9.17, 15) is 24.3 Å². The highest BCUT2D eigenvalue weighted by Gasteiger charge is 2.68. The number of carbonyl (C=O) groups excluding carboxylic acids is 4. The van der Waals surface area contributed by atoms with Crippen molar-refractivity contribution in [3.05, 3.63) is 12.7 Å². The number of Topliss-reactive ketones (excluding diaryl/α,β-unsaturated/α-hetero) is 1. The maximum Gasteiger partial charge on any atom is 0.414 e. The highest BCUT2D eigenvalue weighted by molar-refractivity contribution is 5.93. The molecule has 2 saturated heterocycles. The number of hydrogen-bond acceptors (Lipinski definition) is 11. The van der Waals surface area contributed by atoms with E-state index in [2.05, 4.69) is 59.8 Å². The lowest BCUT2D eigenvalue weighted by Crippen LogP contribution is -2.63. The summed E-state index contributed by atoms with van der Waals surface area (Å²) in [5.41, 5.74) is 5.99. The van der Waals surface area contributed by atoms with Gasteiger partial charge in [-0.2, -0.15) is 0 Å². The second-order valence-electron chi connectivity index (χ2n) is 17.5. The number of rotatable bonds is 7. The van der Waals surface area contributed by atoms with E-state index in [1.807, 2.05) is 4.57 Å². The molecule has 9 atom stereocenters. The Hall–Kier alpha value is -3.65. The Morgan fingerprint density at radius 1 is 1.06 bits per heavy atom. The highest BCUT2D eigenvalue weighted by atomic mass is 16.6. The minimum absolute atomic E-state index is 0.0166. The number of amides is 3. The van der Waals surface area contributed by atoms with E-state index >= 15 is 0 Å². The van der Waals surface area contributed by atoms with Gasteiger partial charge in [0.2, 0.25) is 11.8 Å². The number of ether oxygens (including phenoxy) is 1. The minimum Gasteiger partial charge on any atom is -0.445 e. The third-order valence-corrected chi connectivity index (χ3v) is 14.9. The van der Waals surface area contributed by atoms with E-state index in [4.69, 9.17) is 10.5 Å². The van der Waals surface area contributed by atoms with Crippen LogP contribution in [0.4, 0.5) is 10.6 Å². The molecule has 7 unspecified atom stereocenters. The zero-order chi connectivity index (χ0) is 37.9. The van der Waals surface area contributed by atoms with Crippen molar-refractivity contribution in [2.75, 3.05) is 31.1 Å². The predicted molar refractivity (Wildman–Crippen MR) is 197 cm³/mol. The molecule has 4 N–H and O–H groups in total. The predicted octanol–water partition coefficient (Wildman–Crippen LogP) is 3.83.